The first-order valence-electron chi connectivity index (χ1n) is 6.53. The molecule has 0 saturated heterocycles. The van der Waals surface area contributed by atoms with Gasteiger partial charge in [0.25, 0.3) is 5.91 Å². The number of ether oxygens (including phenoxy) is 1. The summed E-state index contributed by atoms with van der Waals surface area (Å²) in [6.07, 6.45) is 0.678. The predicted molar refractivity (Wildman–Crippen MR) is 82.4 cm³/mol. The molecule has 1 N–H and O–H groups in total. The highest BCUT2D eigenvalue weighted by Crippen LogP contribution is 2.27. The molecule has 1 amide bonds. The van der Waals surface area contributed by atoms with E-state index >= 15 is 0 Å². The maximum Gasteiger partial charge on any atom is 0.257 e. The van der Waals surface area contributed by atoms with E-state index in [0.717, 1.165) is 6.07 Å². The number of carbonyl (C=O) groups is 2. The number of benzene rings is 2. The third kappa shape index (κ3) is 3.62. The summed E-state index contributed by atoms with van der Waals surface area (Å²) in [7, 11) is 0. The molecule has 0 aromatic heterocycles. The molecule has 0 spiro atoms. The third-order valence-corrected chi connectivity index (χ3v) is 3.19. The van der Waals surface area contributed by atoms with Crippen molar-refractivity contribution in [2.24, 2.45) is 0 Å². The van der Waals surface area contributed by atoms with Crippen molar-refractivity contribution in [2.75, 3.05) is 11.9 Å². The van der Waals surface area contributed by atoms with Crippen LogP contribution in [0.2, 0.25) is 5.02 Å². The molecule has 2 rings (SSSR count). The van der Waals surface area contributed by atoms with E-state index in [0.29, 0.717) is 29.9 Å². The lowest BCUT2D eigenvalue weighted by molar-refractivity contribution is 0.102. The smallest absolute Gasteiger partial charge is 0.257 e. The Morgan fingerprint density at radius 1 is 1.32 bits per heavy atom. The first-order valence-corrected chi connectivity index (χ1v) is 6.91. The number of nitrogens with one attached hydrogen (secondary N) is 1. The van der Waals surface area contributed by atoms with Gasteiger partial charge in [-0.15, -0.1) is 0 Å². The van der Waals surface area contributed by atoms with Crippen LogP contribution in [-0.4, -0.2) is 18.8 Å². The number of hydrogen-bond donors (Lipinski definition) is 1. The molecule has 4 nitrogen and oxygen atoms in total. The quantitative estimate of drug-likeness (QED) is 0.849. The summed E-state index contributed by atoms with van der Waals surface area (Å²) in [5, 5.41) is 2.74. The Balaban J connectivity index is 2.31. The zero-order valence-corrected chi connectivity index (χ0v) is 12.5. The maximum atomic E-state index is 13.2. The molecule has 0 saturated carbocycles. The molecule has 2 aromatic rings. The van der Waals surface area contributed by atoms with E-state index in [4.69, 9.17) is 16.3 Å². The topological polar surface area (TPSA) is 55.4 Å². The van der Waals surface area contributed by atoms with Crippen LogP contribution in [0.5, 0.6) is 5.75 Å². The fourth-order valence-corrected chi connectivity index (χ4v) is 2.05. The van der Waals surface area contributed by atoms with Gasteiger partial charge in [-0.3, -0.25) is 9.59 Å². The standard InChI is InChI=1S/C16H13ClFNO3/c1-2-22-15-7-10(9-20)3-6-14(15)19-16(21)12-8-11(18)4-5-13(12)17/h3-9H,2H2,1H3,(H,19,21). The second kappa shape index (κ2) is 7.04. The van der Waals surface area contributed by atoms with Crippen LogP contribution < -0.4 is 10.1 Å². The van der Waals surface area contributed by atoms with Gasteiger partial charge in [-0.05, 0) is 43.3 Å². The van der Waals surface area contributed by atoms with E-state index in [1.54, 1.807) is 13.0 Å². The van der Waals surface area contributed by atoms with Crippen molar-refractivity contribution in [1.29, 1.82) is 0 Å². The van der Waals surface area contributed by atoms with Gasteiger partial charge < -0.3 is 10.1 Å². The van der Waals surface area contributed by atoms with Crippen LogP contribution in [0.4, 0.5) is 10.1 Å². The molecule has 0 fully saturated rings. The van der Waals surface area contributed by atoms with Crippen LogP contribution in [0.25, 0.3) is 0 Å². The van der Waals surface area contributed by atoms with Gasteiger partial charge in [0.15, 0.2) is 0 Å². The van der Waals surface area contributed by atoms with Gasteiger partial charge in [0.2, 0.25) is 0 Å². The monoisotopic (exact) mass is 321 g/mol. The number of carbonyl (C=O) groups excluding carboxylic acids is 2. The Bertz CT molecular complexity index is 719. The molecule has 22 heavy (non-hydrogen) atoms. The van der Waals surface area contributed by atoms with Gasteiger partial charge in [-0.1, -0.05) is 11.6 Å². The molecule has 0 aliphatic heterocycles. The summed E-state index contributed by atoms with van der Waals surface area (Å²) in [6.45, 7) is 2.15. The lowest BCUT2D eigenvalue weighted by atomic mass is 10.1. The summed E-state index contributed by atoms with van der Waals surface area (Å²) in [4.78, 5) is 23.0. The Labute approximate surface area is 131 Å². The largest absolute Gasteiger partial charge is 0.492 e. The van der Waals surface area contributed by atoms with Crippen LogP contribution in [0, 0.1) is 5.82 Å². The Morgan fingerprint density at radius 3 is 2.77 bits per heavy atom. The average molecular weight is 322 g/mol. The summed E-state index contributed by atoms with van der Waals surface area (Å²) in [6, 6.07) is 8.13. The molecule has 0 aliphatic carbocycles. The fourth-order valence-electron chi connectivity index (χ4n) is 1.85. The number of rotatable bonds is 5. The van der Waals surface area contributed by atoms with Crippen LogP contribution in [0.3, 0.4) is 0 Å². The first-order chi connectivity index (χ1) is 10.5. The maximum absolute atomic E-state index is 13.2. The molecular weight excluding hydrogens is 309 g/mol. The Hall–Kier alpha value is -2.40. The van der Waals surface area contributed by atoms with Gasteiger partial charge in [0.05, 0.1) is 22.9 Å². The number of aldehydes is 1. The minimum Gasteiger partial charge on any atom is -0.492 e. The number of anilines is 1. The normalized spacial score (nSPS) is 10.1. The highest BCUT2D eigenvalue weighted by molar-refractivity contribution is 6.34. The predicted octanol–water partition coefficient (Wildman–Crippen LogP) is 3.94. The first kappa shape index (κ1) is 16.0. The van der Waals surface area contributed by atoms with Gasteiger partial charge in [0.1, 0.15) is 17.9 Å². The van der Waals surface area contributed by atoms with E-state index < -0.39 is 11.7 Å². The van der Waals surface area contributed by atoms with Crippen LogP contribution >= 0.6 is 11.6 Å². The Morgan fingerprint density at radius 2 is 2.09 bits per heavy atom. The lowest BCUT2D eigenvalue weighted by Crippen LogP contribution is -2.14. The fraction of sp³-hybridized carbons (Fsp3) is 0.125. The van der Waals surface area contributed by atoms with Crippen LogP contribution in [0.15, 0.2) is 36.4 Å². The SMILES string of the molecule is CCOc1cc(C=O)ccc1NC(=O)c1cc(F)ccc1Cl. The van der Waals surface area contributed by atoms with Gasteiger partial charge >= 0.3 is 0 Å². The molecule has 0 radical (unpaired) electrons. The van der Waals surface area contributed by atoms with Crippen molar-refractivity contribution in [3.8, 4) is 5.75 Å². The summed E-state index contributed by atoms with van der Waals surface area (Å²) < 4.78 is 18.6. The average Bonchev–Trinajstić information content (AvgIpc) is 2.51. The Kier molecular flexibility index (Phi) is 5.12. The van der Waals surface area contributed by atoms with Crippen molar-refractivity contribution in [1.82, 2.24) is 0 Å². The van der Waals surface area contributed by atoms with Crippen molar-refractivity contribution >= 4 is 29.5 Å². The third-order valence-electron chi connectivity index (χ3n) is 2.86. The lowest BCUT2D eigenvalue weighted by Gasteiger charge is -2.12. The molecule has 0 bridgehead atoms. The van der Waals surface area contributed by atoms with Crippen LogP contribution in [-0.2, 0) is 0 Å². The van der Waals surface area contributed by atoms with E-state index in [-0.39, 0.29) is 10.6 Å². The number of halogens is 2. The minimum absolute atomic E-state index is 0.0172. The van der Waals surface area contributed by atoms with Crippen LogP contribution in [0.1, 0.15) is 27.6 Å². The molecule has 0 heterocycles. The molecular formula is C16H13ClFNO3. The molecule has 6 heteroatoms. The molecule has 114 valence electrons. The summed E-state index contributed by atoms with van der Waals surface area (Å²) >= 11 is 5.90. The molecule has 0 aliphatic rings. The van der Waals surface area contributed by atoms with Gasteiger partial charge in [-0.25, -0.2) is 4.39 Å². The van der Waals surface area contributed by atoms with Crippen molar-refractivity contribution in [3.05, 3.63) is 58.4 Å². The van der Waals surface area contributed by atoms with Gasteiger partial charge in [0, 0.05) is 5.56 Å². The van der Waals surface area contributed by atoms with E-state index in [2.05, 4.69) is 5.32 Å². The van der Waals surface area contributed by atoms with E-state index in [9.17, 15) is 14.0 Å². The van der Waals surface area contributed by atoms with Gasteiger partial charge in [-0.2, -0.15) is 0 Å². The van der Waals surface area contributed by atoms with Crippen molar-refractivity contribution in [2.45, 2.75) is 6.92 Å². The minimum atomic E-state index is -0.565. The second-order valence-electron chi connectivity index (χ2n) is 4.38. The highest BCUT2D eigenvalue weighted by atomic mass is 35.5. The zero-order chi connectivity index (χ0) is 16.1. The molecule has 0 unspecified atom stereocenters. The summed E-state index contributed by atoms with van der Waals surface area (Å²) in [5.41, 5.74) is 0.812. The molecule has 0 atom stereocenters. The molecule has 2 aromatic carbocycles. The zero-order valence-electron chi connectivity index (χ0n) is 11.7. The summed E-state index contributed by atoms with van der Waals surface area (Å²) in [5.74, 6) is -0.770. The second-order valence-corrected chi connectivity index (χ2v) is 4.79. The van der Waals surface area contributed by atoms with Crippen molar-refractivity contribution in [3.63, 3.8) is 0 Å². The van der Waals surface area contributed by atoms with E-state index in [1.807, 2.05) is 0 Å². The van der Waals surface area contributed by atoms with Crippen molar-refractivity contribution < 1.29 is 18.7 Å². The number of amides is 1. The number of hydrogen-bond acceptors (Lipinski definition) is 3. The van der Waals surface area contributed by atoms with E-state index in [1.165, 1.54) is 24.3 Å². The highest BCUT2D eigenvalue weighted by Gasteiger charge is 2.14.